The van der Waals surface area contributed by atoms with Crippen molar-refractivity contribution in [3.05, 3.63) is 30.3 Å². The molecule has 0 saturated heterocycles. The zero-order valence-corrected chi connectivity index (χ0v) is 9.08. The zero-order valence-electron chi connectivity index (χ0n) is 9.08. The van der Waals surface area contributed by atoms with E-state index in [0.717, 1.165) is 13.0 Å². The van der Waals surface area contributed by atoms with E-state index in [0.29, 0.717) is 6.42 Å². The summed E-state index contributed by atoms with van der Waals surface area (Å²) in [5, 5.41) is 11.7. The van der Waals surface area contributed by atoms with Gasteiger partial charge in [-0.05, 0) is 25.0 Å². The van der Waals surface area contributed by atoms with Crippen LogP contribution in [0.5, 0.6) is 0 Å². The number of nitriles is 1. The van der Waals surface area contributed by atoms with Crippen LogP contribution in [0.4, 0.5) is 5.69 Å². The SMILES string of the molecule is N#CCCCCCCNc1ccccc1. The Balaban J connectivity index is 1.96. The molecule has 2 nitrogen and oxygen atoms in total. The maximum absolute atomic E-state index is 8.36. The predicted octanol–water partition coefficient (Wildman–Crippen LogP) is 3.57. The van der Waals surface area contributed by atoms with E-state index in [9.17, 15) is 0 Å². The van der Waals surface area contributed by atoms with E-state index in [-0.39, 0.29) is 0 Å². The Morgan fingerprint density at radius 2 is 1.73 bits per heavy atom. The minimum absolute atomic E-state index is 0.701. The Labute approximate surface area is 91.9 Å². The molecule has 1 rings (SSSR count). The lowest BCUT2D eigenvalue weighted by atomic mass is 10.1. The smallest absolute Gasteiger partial charge is 0.0621 e. The third kappa shape index (κ3) is 5.74. The number of nitrogens with one attached hydrogen (secondary N) is 1. The number of nitrogens with zero attached hydrogens (tertiary/aromatic N) is 1. The van der Waals surface area contributed by atoms with Gasteiger partial charge in [-0.2, -0.15) is 5.26 Å². The van der Waals surface area contributed by atoms with Crippen LogP contribution in [0.2, 0.25) is 0 Å². The fraction of sp³-hybridized carbons (Fsp3) is 0.462. The normalized spacial score (nSPS) is 9.53. The van der Waals surface area contributed by atoms with E-state index in [2.05, 4.69) is 23.5 Å². The summed E-state index contributed by atoms with van der Waals surface area (Å²) >= 11 is 0. The van der Waals surface area contributed by atoms with Crippen LogP contribution >= 0.6 is 0 Å². The maximum Gasteiger partial charge on any atom is 0.0621 e. The van der Waals surface area contributed by atoms with Crippen molar-refractivity contribution in [3.63, 3.8) is 0 Å². The van der Waals surface area contributed by atoms with Crippen LogP contribution in [-0.4, -0.2) is 6.54 Å². The Bertz CT molecular complexity index is 287. The molecule has 15 heavy (non-hydrogen) atoms. The molecular formula is C13H18N2. The van der Waals surface area contributed by atoms with Crippen molar-refractivity contribution in [2.45, 2.75) is 32.1 Å². The number of para-hydroxylation sites is 1. The molecule has 0 spiro atoms. The van der Waals surface area contributed by atoms with Crippen LogP contribution in [-0.2, 0) is 0 Å². The van der Waals surface area contributed by atoms with E-state index >= 15 is 0 Å². The van der Waals surface area contributed by atoms with E-state index in [1.165, 1.54) is 24.9 Å². The first-order valence-corrected chi connectivity index (χ1v) is 5.59. The molecule has 1 aromatic carbocycles. The molecule has 0 aromatic heterocycles. The summed E-state index contributed by atoms with van der Waals surface area (Å²) in [6.45, 7) is 1.02. The molecule has 0 atom stereocenters. The third-order valence-corrected chi connectivity index (χ3v) is 2.32. The van der Waals surface area contributed by atoms with Crippen LogP contribution in [0.25, 0.3) is 0 Å². The second-order valence-electron chi connectivity index (χ2n) is 3.62. The molecule has 0 radical (unpaired) electrons. The van der Waals surface area contributed by atoms with Gasteiger partial charge >= 0.3 is 0 Å². The number of rotatable bonds is 7. The minimum Gasteiger partial charge on any atom is -0.385 e. The molecule has 1 N–H and O–H groups in total. The summed E-state index contributed by atoms with van der Waals surface area (Å²) in [6, 6.07) is 12.4. The highest BCUT2D eigenvalue weighted by Crippen LogP contribution is 2.06. The molecule has 0 aliphatic heterocycles. The molecule has 0 aliphatic carbocycles. The number of hydrogen-bond donors (Lipinski definition) is 1. The first-order valence-electron chi connectivity index (χ1n) is 5.59. The van der Waals surface area contributed by atoms with Crippen molar-refractivity contribution < 1.29 is 0 Å². The average Bonchev–Trinajstić information content (AvgIpc) is 2.29. The summed E-state index contributed by atoms with van der Waals surface area (Å²) in [5.41, 5.74) is 1.19. The molecule has 80 valence electrons. The molecule has 0 saturated carbocycles. The van der Waals surface area contributed by atoms with Crippen molar-refractivity contribution in [3.8, 4) is 6.07 Å². The fourth-order valence-electron chi connectivity index (χ4n) is 1.47. The predicted molar refractivity (Wildman–Crippen MR) is 63.6 cm³/mol. The van der Waals surface area contributed by atoms with Crippen molar-refractivity contribution in [2.75, 3.05) is 11.9 Å². The average molecular weight is 202 g/mol. The summed E-state index contributed by atoms with van der Waals surface area (Å²) in [4.78, 5) is 0. The minimum atomic E-state index is 0.701. The van der Waals surface area contributed by atoms with Crippen LogP contribution in [0.3, 0.4) is 0 Å². The maximum atomic E-state index is 8.36. The largest absolute Gasteiger partial charge is 0.385 e. The summed E-state index contributed by atoms with van der Waals surface area (Å²) in [7, 11) is 0. The summed E-state index contributed by atoms with van der Waals surface area (Å²) < 4.78 is 0. The van der Waals surface area contributed by atoms with Gasteiger partial charge in [0.15, 0.2) is 0 Å². The first kappa shape index (κ1) is 11.6. The van der Waals surface area contributed by atoms with Crippen LogP contribution in [0.1, 0.15) is 32.1 Å². The molecule has 0 unspecified atom stereocenters. The zero-order chi connectivity index (χ0) is 10.8. The van der Waals surface area contributed by atoms with Gasteiger partial charge in [-0.15, -0.1) is 0 Å². The first-order chi connectivity index (χ1) is 7.43. The van der Waals surface area contributed by atoms with E-state index in [1.807, 2.05) is 18.2 Å². The molecule has 0 bridgehead atoms. The quantitative estimate of drug-likeness (QED) is 0.686. The lowest BCUT2D eigenvalue weighted by molar-refractivity contribution is 0.664. The molecule has 0 aliphatic rings. The van der Waals surface area contributed by atoms with Gasteiger partial charge in [-0.25, -0.2) is 0 Å². The van der Waals surface area contributed by atoms with E-state index < -0.39 is 0 Å². The van der Waals surface area contributed by atoms with Gasteiger partial charge in [0.1, 0.15) is 0 Å². The van der Waals surface area contributed by atoms with Gasteiger partial charge in [0.2, 0.25) is 0 Å². The van der Waals surface area contributed by atoms with Gasteiger partial charge in [-0.1, -0.05) is 31.0 Å². The highest BCUT2D eigenvalue weighted by atomic mass is 14.9. The molecular weight excluding hydrogens is 184 g/mol. The topological polar surface area (TPSA) is 35.8 Å². The van der Waals surface area contributed by atoms with Gasteiger partial charge in [0.05, 0.1) is 6.07 Å². The van der Waals surface area contributed by atoms with Gasteiger partial charge in [-0.3, -0.25) is 0 Å². The third-order valence-electron chi connectivity index (χ3n) is 2.32. The highest BCUT2D eigenvalue weighted by Gasteiger charge is 1.91. The van der Waals surface area contributed by atoms with E-state index in [1.54, 1.807) is 0 Å². The summed E-state index contributed by atoms with van der Waals surface area (Å²) in [5.74, 6) is 0. The van der Waals surface area contributed by atoms with Crippen LogP contribution in [0.15, 0.2) is 30.3 Å². The Kier molecular flexibility index (Phi) is 6.08. The van der Waals surface area contributed by atoms with Crippen molar-refractivity contribution in [2.24, 2.45) is 0 Å². The monoisotopic (exact) mass is 202 g/mol. The molecule has 0 heterocycles. The second-order valence-corrected chi connectivity index (χ2v) is 3.62. The summed E-state index contributed by atoms with van der Waals surface area (Å²) in [6.07, 6.45) is 5.31. The Morgan fingerprint density at radius 1 is 1.00 bits per heavy atom. The highest BCUT2D eigenvalue weighted by molar-refractivity contribution is 5.42. The van der Waals surface area contributed by atoms with Gasteiger partial charge in [0, 0.05) is 18.7 Å². The van der Waals surface area contributed by atoms with Crippen LogP contribution in [0, 0.1) is 11.3 Å². The van der Waals surface area contributed by atoms with Crippen molar-refractivity contribution >= 4 is 5.69 Å². The van der Waals surface area contributed by atoms with Gasteiger partial charge < -0.3 is 5.32 Å². The van der Waals surface area contributed by atoms with Gasteiger partial charge in [0.25, 0.3) is 0 Å². The van der Waals surface area contributed by atoms with Crippen molar-refractivity contribution in [1.82, 2.24) is 0 Å². The number of benzene rings is 1. The number of anilines is 1. The Hall–Kier alpha value is -1.49. The second kappa shape index (κ2) is 7.87. The Morgan fingerprint density at radius 3 is 2.47 bits per heavy atom. The molecule has 2 heteroatoms. The molecule has 0 amide bonds. The fourth-order valence-corrected chi connectivity index (χ4v) is 1.47. The number of unbranched alkanes of at least 4 members (excludes halogenated alkanes) is 4. The lowest BCUT2D eigenvalue weighted by Gasteiger charge is -2.05. The number of hydrogen-bond acceptors (Lipinski definition) is 2. The van der Waals surface area contributed by atoms with E-state index in [4.69, 9.17) is 5.26 Å². The standard InChI is InChI=1S/C13H18N2/c14-11-7-2-1-3-8-12-15-13-9-5-4-6-10-13/h4-6,9-10,15H,1-3,7-8,12H2. The molecule has 1 aromatic rings. The molecule has 0 fully saturated rings. The van der Waals surface area contributed by atoms with Crippen molar-refractivity contribution in [1.29, 1.82) is 5.26 Å². The van der Waals surface area contributed by atoms with Crippen LogP contribution < -0.4 is 5.32 Å². The lowest BCUT2D eigenvalue weighted by Crippen LogP contribution is -2.00.